The topological polar surface area (TPSA) is 87.7 Å². The molecule has 0 bridgehead atoms. The predicted octanol–water partition coefficient (Wildman–Crippen LogP) is 6.41. The van der Waals surface area contributed by atoms with Gasteiger partial charge in [0.05, 0.1) is 0 Å². The number of benzene rings is 2. The van der Waals surface area contributed by atoms with Crippen LogP contribution >= 0.6 is 0 Å². The molecule has 2 atom stereocenters. The summed E-state index contributed by atoms with van der Waals surface area (Å²) in [6, 6.07) is 13.5. The van der Waals surface area contributed by atoms with Crippen molar-refractivity contribution in [2.24, 2.45) is 0 Å². The van der Waals surface area contributed by atoms with Crippen molar-refractivity contribution in [1.29, 1.82) is 0 Å². The summed E-state index contributed by atoms with van der Waals surface area (Å²) in [4.78, 5) is 43.5. The van der Waals surface area contributed by atoms with E-state index in [1.54, 1.807) is 25.7 Å². The largest absolute Gasteiger partial charge is 0.444 e. The first-order valence-corrected chi connectivity index (χ1v) is 14.1. The Morgan fingerprint density at radius 3 is 2.00 bits per heavy atom. The molecule has 7 nitrogen and oxygen atoms in total. The summed E-state index contributed by atoms with van der Waals surface area (Å²) < 4.78 is 5.54. The van der Waals surface area contributed by atoms with Crippen molar-refractivity contribution >= 4 is 17.9 Å². The number of carbonyl (C=O) groups excluding carboxylic acids is 3. The molecule has 0 aliphatic carbocycles. The highest BCUT2D eigenvalue weighted by atomic mass is 16.6. The average Bonchev–Trinajstić information content (AvgIpc) is 2.82. The van der Waals surface area contributed by atoms with Gasteiger partial charge in [-0.15, -0.1) is 0 Å². The first-order valence-electron chi connectivity index (χ1n) is 14.1. The fourth-order valence-electron chi connectivity index (χ4n) is 4.52. The molecule has 0 saturated heterocycles. The highest BCUT2D eigenvalue weighted by Gasteiger charge is 2.44. The minimum atomic E-state index is -0.960. The van der Waals surface area contributed by atoms with Gasteiger partial charge in [0.2, 0.25) is 11.8 Å². The first-order chi connectivity index (χ1) is 18.4. The van der Waals surface area contributed by atoms with Crippen molar-refractivity contribution in [1.82, 2.24) is 15.5 Å². The zero-order valence-electron chi connectivity index (χ0n) is 26.3. The number of amides is 3. The fraction of sp³-hybridized carbons (Fsp3) is 0.545. The molecule has 2 aromatic carbocycles. The van der Waals surface area contributed by atoms with Crippen LogP contribution in [0.2, 0.25) is 0 Å². The number of rotatable bonds is 9. The summed E-state index contributed by atoms with van der Waals surface area (Å²) in [5.74, 6) is -0.622. The van der Waals surface area contributed by atoms with Gasteiger partial charge in [0.25, 0.3) is 0 Å². The Balaban J connectivity index is 2.73. The van der Waals surface area contributed by atoms with Crippen LogP contribution < -0.4 is 10.6 Å². The van der Waals surface area contributed by atoms with Crippen LogP contribution in [0, 0.1) is 13.8 Å². The van der Waals surface area contributed by atoms with Crippen LogP contribution in [0.5, 0.6) is 0 Å². The number of hydrogen-bond acceptors (Lipinski definition) is 4. The van der Waals surface area contributed by atoms with E-state index in [-0.39, 0.29) is 18.2 Å². The van der Waals surface area contributed by atoms with Crippen molar-refractivity contribution in [3.63, 3.8) is 0 Å². The minimum Gasteiger partial charge on any atom is -0.444 e. The number of aryl methyl sites for hydroxylation is 1. The lowest BCUT2D eigenvalue weighted by atomic mass is 9.88. The Labute approximate surface area is 241 Å². The maximum Gasteiger partial charge on any atom is 0.408 e. The van der Waals surface area contributed by atoms with Gasteiger partial charge in [0, 0.05) is 17.5 Å². The Hall–Kier alpha value is -3.35. The summed E-state index contributed by atoms with van der Waals surface area (Å²) in [5.41, 5.74) is 1.64. The first kappa shape index (κ1) is 32.9. The third kappa shape index (κ3) is 9.10. The maximum atomic E-state index is 14.7. The molecule has 2 aromatic rings. The minimum absolute atomic E-state index is 0.246. The van der Waals surface area contributed by atoms with Crippen LogP contribution in [0.15, 0.2) is 48.5 Å². The zero-order valence-corrected chi connectivity index (χ0v) is 26.3. The molecule has 2 unspecified atom stereocenters. The molecule has 40 heavy (non-hydrogen) atoms. The van der Waals surface area contributed by atoms with Gasteiger partial charge in [0.1, 0.15) is 17.7 Å². The van der Waals surface area contributed by atoms with E-state index >= 15 is 0 Å². The molecule has 0 aliphatic heterocycles. The van der Waals surface area contributed by atoms with Gasteiger partial charge in [0.15, 0.2) is 0 Å². The van der Waals surface area contributed by atoms with Gasteiger partial charge in [-0.3, -0.25) is 9.59 Å². The fourth-order valence-corrected chi connectivity index (χ4v) is 4.52. The smallest absolute Gasteiger partial charge is 0.408 e. The van der Waals surface area contributed by atoms with Crippen molar-refractivity contribution < 1.29 is 19.1 Å². The van der Waals surface area contributed by atoms with Crippen LogP contribution in [0.3, 0.4) is 0 Å². The van der Waals surface area contributed by atoms with E-state index in [2.05, 4.69) is 10.6 Å². The lowest BCUT2D eigenvalue weighted by Gasteiger charge is -2.45. The van der Waals surface area contributed by atoms with E-state index in [0.717, 1.165) is 22.3 Å². The summed E-state index contributed by atoms with van der Waals surface area (Å²) >= 11 is 0. The van der Waals surface area contributed by atoms with Crippen molar-refractivity contribution in [2.45, 2.75) is 118 Å². The standard InChI is InChI=1S/C33H49N3O4/c1-12-33(10,11)36(27(28(37)35-31(4,5)6)25-20-16-17-22(2)23(25)3)29(38)26(21-24-18-14-13-15-19-24)34-30(39)40-32(7,8)9/h13-20,26-27H,12,21H2,1-11H3,(H,34,39)(H,35,37). The van der Waals surface area contributed by atoms with Crippen molar-refractivity contribution in [2.75, 3.05) is 0 Å². The van der Waals surface area contributed by atoms with E-state index in [9.17, 15) is 14.4 Å². The molecule has 0 saturated carbocycles. The van der Waals surface area contributed by atoms with Crippen molar-refractivity contribution in [3.05, 3.63) is 70.8 Å². The molecule has 7 heteroatoms. The Morgan fingerprint density at radius 2 is 1.48 bits per heavy atom. The summed E-state index contributed by atoms with van der Waals surface area (Å²) in [5, 5.41) is 5.95. The number of nitrogens with zero attached hydrogens (tertiary/aromatic N) is 1. The second-order valence-electron chi connectivity index (χ2n) is 13.2. The highest BCUT2D eigenvalue weighted by Crippen LogP contribution is 2.35. The molecule has 0 heterocycles. The lowest BCUT2D eigenvalue weighted by molar-refractivity contribution is -0.149. The summed E-state index contributed by atoms with van der Waals surface area (Å²) in [6.07, 6.45) is 0.154. The van der Waals surface area contributed by atoms with Crippen LogP contribution in [-0.4, -0.2) is 45.5 Å². The SMILES string of the molecule is CCC(C)(C)N(C(=O)C(Cc1ccccc1)NC(=O)OC(C)(C)C)C(C(=O)NC(C)(C)C)c1cccc(C)c1C. The van der Waals surface area contributed by atoms with Crippen LogP contribution in [-0.2, 0) is 20.7 Å². The maximum absolute atomic E-state index is 14.7. The van der Waals surface area contributed by atoms with Gasteiger partial charge >= 0.3 is 6.09 Å². The number of nitrogens with one attached hydrogen (secondary N) is 2. The molecule has 0 fully saturated rings. The van der Waals surface area contributed by atoms with E-state index in [1.165, 1.54) is 0 Å². The molecule has 0 aliphatic rings. The number of hydrogen-bond donors (Lipinski definition) is 2. The number of ether oxygens (including phenoxy) is 1. The third-order valence-corrected chi connectivity index (χ3v) is 6.97. The zero-order chi connectivity index (χ0) is 30.5. The van der Waals surface area contributed by atoms with Gasteiger partial charge < -0.3 is 20.3 Å². The van der Waals surface area contributed by atoms with Gasteiger partial charge in [-0.1, -0.05) is 55.5 Å². The molecule has 3 amide bonds. The van der Waals surface area contributed by atoms with Gasteiger partial charge in [-0.25, -0.2) is 4.79 Å². The summed E-state index contributed by atoms with van der Waals surface area (Å²) in [6.45, 7) is 21.0. The molecule has 0 radical (unpaired) electrons. The van der Waals surface area contributed by atoms with Crippen LogP contribution in [0.25, 0.3) is 0 Å². The third-order valence-electron chi connectivity index (χ3n) is 6.97. The monoisotopic (exact) mass is 551 g/mol. The predicted molar refractivity (Wildman–Crippen MR) is 161 cm³/mol. The van der Waals surface area contributed by atoms with Crippen molar-refractivity contribution in [3.8, 4) is 0 Å². The highest BCUT2D eigenvalue weighted by molar-refractivity contribution is 5.93. The molecular formula is C33H49N3O4. The second kappa shape index (κ2) is 12.9. The van der Waals surface area contributed by atoms with Crippen LogP contribution in [0.4, 0.5) is 4.79 Å². The van der Waals surface area contributed by atoms with Gasteiger partial charge in [-0.05, 0) is 97.9 Å². The normalized spacial score (nSPS) is 13.7. The molecule has 220 valence electrons. The molecule has 2 rings (SSSR count). The molecule has 0 aromatic heterocycles. The van der Waals surface area contributed by atoms with Gasteiger partial charge in [-0.2, -0.15) is 0 Å². The second-order valence-corrected chi connectivity index (χ2v) is 13.2. The molecule has 0 spiro atoms. The molecule has 2 N–H and O–H groups in total. The summed E-state index contributed by atoms with van der Waals surface area (Å²) in [7, 11) is 0. The van der Waals surface area contributed by atoms with E-state index in [4.69, 9.17) is 4.74 Å². The average molecular weight is 552 g/mol. The van der Waals surface area contributed by atoms with E-state index < -0.39 is 34.9 Å². The van der Waals surface area contributed by atoms with E-state index in [1.807, 2.05) is 104 Å². The quantitative estimate of drug-likeness (QED) is 0.377. The number of alkyl carbamates (subject to hydrolysis) is 1. The Bertz CT molecular complexity index is 1180. The number of carbonyl (C=O) groups is 3. The van der Waals surface area contributed by atoms with E-state index in [0.29, 0.717) is 6.42 Å². The molecular weight excluding hydrogens is 502 g/mol. The Morgan fingerprint density at radius 1 is 0.875 bits per heavy atom. The lowest BCUT2D eigenvalue weighted by Crippen LogP contribution is -2.60. The van der Waals surface area contributed by atoms with Crippen LogP contribution in [0.1, 0.15) is 97.0 Å². The Kier molecular flexibility index (Phi) is 10.6.